The third-order valence-electron chi connectivity index (χ3n) is 4.42. The number of nitrogens with one attached hydrogen (secondary N) is 2. The summed E-state index contributed by atoms with van der Waals surface area (Å²) < 4.78 is 27.0. The van der Waals surface area contributed by atoms with Crippen molar-refractivity contribution < 1.29 is 18.0 Å². The number of amides is 2. The number of thiophene rings is 1. The number of hydrogen-bond donors (Lipinski definition) is 2. The smallest absolute Gasteiger partial charge is 0.264 e. The van der Waals surface area contributed by atoms with Crippen LogP contribution in [0, 0.1) is 13.8 Å². The summed E-state index contributed by atoms with van der Waals surface area (Å²) in [4.78, 5) is 24.6. The van der Waals surface area contributed by atoms with E-state index in [1.165, 1.54) is 11.4 Å². The summed E-state index contributed by atoms with van der Waals surface area (Å²) in [5.74, 6) is -0.997. The van der Waals surface area contributed by atoms with Gasteiger partial charge in [-0.05, 0) is 31.0 Å². The molecule has 2 amide bonds. The normalized spacial score (nSPS) is 11.1. The number of benzene rings is 2. The highest BCUT2D eigenvalue weighted by Gasteiger charge is 2.21. The summed E-state index contributed by atoms with van der Waals surface area (Å²) in [7, 11) is -4.04. The van der Waals surface area contributed by atoms with Gasteiger partial charge in [0.1, 0.15) is 0 Å². The van der Waals surface area contributed by atoms with Gasteiger partial charge in [0.2, 0.25) is 5.91 Å². The fraction of sp³-hybridized carbons (Fsp3) is 0.182. The van der Waals surface area contributed by atoms with Crippen molar-refractivity contribution in [3.63, 3.8) is 0 Å². The first-order valence-electron chi connectivity index (χ1n) is 9.26. The Morgan fingerprint density at radius 1 is 0.900 bits per heavy atom. The highest BCUT2D eigenvalue weighted by atomic mass is 32.2. The first-order chi connectivity index (χ1) is 14.2. The highest BCUT2D eigenvalue weighted by molar-refractivity contribution is 7.90. The zero-order chi connectivity index (χ0) is 21.7. The van der Waals surface area contributed by atoms with Gasteiger partial charge < -0.3 is 5.32 Å². The Hall–Kier alpha value is -2.97. The summed E-state index contributed by atoms with van der Waals surface area (Å²) in [6, 6.07) is 16.3. The number of sulfonamides is 1. The van der Waals surface area contributed by atoms with E-state index in [1.807, 2.05) is 50.2 Å². The van der Waals surface area contributed by atoms with Crippen molar-refractivity contribution >= 4 is 33.2 Å². The topological polar surface area (TPSA) is 92.3 Å². The van der Waals surface area contributed by atoms with Crippen molar-refractivity contribution in [1.29, 1.82) is 0 Å². The predicted molar refractivity (Wildman–Crippen MR) is 117 cm³/mol. The van der Waals surface area contributed by atoms with Crippen molar-refractivity contribution in [2.45, 2.75) is 31.7 Å². The molecule has 2 aromatic carbocycles. The van der Waals surface area contributed by atoms with Crippen LogP contribution >= 0.6 is 11.3 Å². The van der Waals surface area contributed by atoms with Gasteiger partial charge in [-0.2, -0.15) is 0 Å². The zero-order valence-electron chi connectivity index (χ0n) is 16.6. The lowest BCUT2D eigenvalue weighted by Crippen LogP contribution is -2.31. The molecule has 3 aromatic rings. The largest absolute Gasteiger partial charge is 0.347 e. The number of carbonyl (C=O) groups excluding carboxylic acids is 2. The first-order valence-corrected chi connectivity index (χ1v) is 11.6. The molecule has 3 rings (SSSR count). The van der Waals surface area contributed by atoms with E-state index in [4.69, 9.17) is 0 Å². The van der Waals surface area contributed by atoms with Gasteiger partial charge in [-0.15, -0.1) is 11.3 Å². The average molecular weight is 443 g/mol. The van der Waals surface area contributed by atoms with E-state index < -0.39 is 15.9 Å². The molecule has 0 fully saturated rings. The van der Waals surface area contributed by atoms with Gasteiger partial charge in [-0.1, -0.05) is 59.7 Å². The van der Waals surface area contributed by atoms with Crippen molar-refractivity contribution in [2.24, 2.45) is 0 Å². The Morgan fingerprint density at radius 2 is 1.47 bits per heavy atom. The van der Waals surface area contributed by atoms with E-state index in [2.05, 4.69) is 10.0 Å². The van der Waals surface area contributed by atoms with Crippen LogP contribution < -0.4 is 10.0 Å². The first kappa shape index (κ1) is 21.7. The van der Waals surface area contributed by atoms with E-state index in [0.717, 1.165) is 33.6 Å². The fourth-order valence-corrected chi connectivity index (χ4v) is 4.86. The molecule has 2 N–H and O–H groups in total. The van der Waals surface area contributed by atoms with Crippen LogP contribution in [-0.2, 0) is 27.8 Å². The molecule has 0 atom stereocenters. The predicted octanol–water partition coefficient (Wildman–Crippen LogP) is 3.34. The quantitative estimate of drug-likeness (QED) is 0.587. The lowest BCUT2D eigenvalue weighted by atomic mass is 10.1. The van der Waals surface area contributed by atoms with Crippen LogP contribution in [0.1, 0.15) is 31.9 Å². The van der Waals surface area contributed by atoms with Crippen LogP contribution in [-0.4, -0.2) is 20.2 Å². The van der Waals surface area contributed by atoms with Crippen molar-refractivity contribution in [3.8, 4) is 0 Å². The molecule has 8 heteroatoms. The van der Waals surface area contributed by atoms with Crippen LogP contribution in [0.4, 0.5) is 0 Å². The average Bonchev–Trinajstić information content (AvgIpc) is 3.20. The minimum Gasteiger partial charge on any atom is -0.347 e. The summed E-state index contributed by atoms with van der Waals surface area (Å²) in [5.41, 5.74) is 3.84. The number of carbonyl (C=O) groups is 2. The Bertz CT molecular complexity index is 1150. The highest BCUT2D eigenvalue weighted by Crippen LogP contribution is 2.19. The van der Waals surface area contributed by atoms with Gasteiger partial charge in [-0.25, -0.2) is 13.1 Å². The molecule has 30 heavy (non-hydrogen) atoms. The van der Waals surface area contributed by atoms with E-state index in [1.54, 1.807) is 12.1 Å². The molecule has 0 saturated carbocycles. The standard InChI is InChI=1S/C22H22N2O4S2/c1-15-3-7-17(8-4-15)11-21(25)24-30(27,28)19-12-20(29-14-19)22(26)23-13-18-9-5-16(2)6-10-18/h3-10,12,14H,11,13H2,1-2H3,(H,23,26)(H,24,25). The second kappa shape index (κ2) is 9.23. The molecular weight excluding hydrogens is 420 g/mol. The SMILES string of the molecule is Cc1ccc(CNC(=O)c2cc(S(=O)(=O)NC(=O)Cc3ccc(C)cc3)cs2)cc1. The molecule has 1 aromatic heterocycles. The monoisotopic (exact) mass is 442 g/mol. The molecule has 6 nitrogen and oxygen atoms in total. The van der Waals surface area contributed by atoms with Gasteiger partial charge >= 0.3 is 0 Å². The molecule has 0 bridgehead atoms. The summed E-state index contributed by atoms with van der Waals surface area (Å²) in [5, 5.41) is 4.12. The zero-order valence-corrected chi connectivity index (χ0v) is 18.3. The minimum absolute atomic E-state index is 0.0481. The van der Waals surface area contributed by atoms with Crippen LogP contribution in [0.5, 0.6) is 0 Å². The molecule has 0 aliphatic rings. The number of hydrogen-bond acceptors (Lipinski definition) is 5. The lowest BCUT2D eigenvalue weighted by molar-refractivity contribution is -0.118. The lowest BCUT2D eigenvalue weighted by Gasteiger charge is -2.06. The summed E-state index contributed by atoms with van der Waals surface area (Å²) >= 11 is 1.01. The summed E-state index contributed by atoms with van der Waals surface area (Å²) in [6.07, 6.45) is -0.0481. The third-order valence-corrected chi connectivity index (χ3v) is 6.85. The molecule has 0 unspecified atom stereocenters. The van der Waals surface area contributed by atoms with Crippen LogP contribution in [0.25, 0.3) is 0 Å². The van der Waals surface area contributed by atoms with Crippen molar-refractivity contribution in [3.05, 3.63) is 87.1 Å². The van der Waals surface area contributed by atoms with E-state index in [9.17, 15) is 18.0 Å². The Balaban J connectivity index is 1.60. The molecule has 156 valence electrons. The Morgan fingerprint density at radius 3 is 2.07 bits per heavy atom. The van der Waals surface area contributed by atoms with Crippen LogP contribution in [0.15, 0.2) is 64.9 Å². The number of rotatable bonds is 7. The third kappa shape index (κ3) is 5.77. The van der Waals surface area contributed by atoms with E-state index in [0.29, 0.717) is 6.54 Å². The fourth-order valence-electron chi connectivity index (χ4n) is 2.69. The molecule has 0 aliphatic heterocycles. The van der Waals surface area contributed by atoms with Crippen molar-refractivity contribution in [1.82, 2.24) is 10.0 Å². The van der Waals surface area contributed by atoms with E-state index >= 15 is 0 Å². The molecule has 0 spiro atoms. The van der Waals surface area contributed by atoms with Gasteiger partial charge in [0, 0.05) is 11.9 Å². The van der Waals surface area contributed by atoms with Gasteiger partial charge in [-0.3, -0.25) is 9.59 Å². The van der Waals surface area contributed by atoms with Gasteiger partial charge in [0.25, 0.3) is 15.9 Å². The molecule has 1 heterocycles. The minimum atomic E-state index is -4.04. The van der Waals surface area contributed by atoms with Crippen LogP contribution in [0.3, 0.4) is 0 Å². The number of aryl methyl sites for hydroxylation is 2. The van der Waals surface area contributed by atoms with Gasteiger partial charge in [0.15, 0.2) is 0 Å². The molecular formula is C22H22N2O4S2. The second-order valence-electron chi connectivity index (χ2n) is 7.01. The second-order valence-corrected chi connectivity index (χ2v) is 9.60. The van der Waals surface area contributed by atoms with Gasteiger partial charge in [0.05, 0.1) is 16.2 Å². The molecule has 0 aliphatic carbocycles. The van der Waals surface area contributed by atoms with E-state index in [-0.39, 0.29) is 22.1 Å². The molecule has 0 radical (unpaired) electrons. The summed E-state index contributed by atoms with van der Waals surface area (Å²) in [6.45, 7) is 4.25. The maximum atomic E-state index is 12.5. The maximum Gasteiger partial charge on any atom is 0.264 e. The Kier molecular flexibility index (Phi) is 6.69. The molecule has 0 saturated heterocycles. The maximum absolute atomic E-state index is 12.5. The van der Waals surface area contributed by atoms with Crippen LogP contribution in [0.2, 0.25) is 0 Å². The Labute approximate surface area is 180 Å². The van der Waals surface area contributed by atoms with Crippen molar-refractivity contribution in [2.75, 3.05) is 0 Å².